The molecule has 0 saturated heterocycles. The number of aliphatic hydroxyl groups excluding tert-OH is 2. The number of ketones is 1. The van der Waals surface area contributed by atoms with Crippen molar-refractivity contribution in [2.45, 2.75) is 92.1 Å². The Morgan fingerprint density at radius 2 is 1.97 bits per heavy atom. The molecule has 2 aliphatic rings. The molecule has 1 aromatic rings. The Kier molecular flexibility index (Phi) is 8.97. The van der Waals surface area contributed by atoms with Crippen molar-refractivity contribution in [2.75, 3.05) is 0 Å². The van der Waals surface area contributed by atoms with Crippen LogP contribution in [0.2, 0.25) is 0 Å². The highest BCUT2D eigenvalue weighted by atomic mass is 32.1. The smallest absolute Gasteiger partial charge is 0.309 e. The summed E-state index contributed by atoms with van der Waals surface area (Å²) >= 11 is 1.50. The van der Waals surface area contributed by atoms with Gasteiger partial charge < -0.3 is 20.7 Å². The first kappa shape index (κ1) is 28.7. The number of thiazole rings is 1. The van der Waals surface area contributed by atoms with Gasteiger partial charge in [0.05, 0.1) is 29.7 Å². The number of carbonyl (C=O) groups excluding carboxylic acids is 2. The maximum Gasteiger partial charge on any atom is 0.309 e. The number of rotatable bonds is 3. The number of Topliss-reactive ketones (excluding diaryl/α,β-unsaturated/α-hetero) is 1. The van der Waals surface area contributed by atoms with E-state index in [-0.39, 0.29) is 23.5 Å². The van der Waals surface area contributed by atoms with E-state index in [9.17, 15) is 19.8 Å². The van der Waals surface area contributed by atoms with Gasteiger partial charge in [-0.05, 0) is 49.2 Å². The minimum absolute atomic E-state index is 0.0967. The van der Waals surface area contributed by atoms with Crippen molar-refractivity contribution in [2.24, 2.45) is 34.3 Å². The van der Waals surface area contributed by atoms with Crippen molar-refractivity contribution in [1.82, 2.24) is 4.98 Å². The fraction of sp³-hybridized carbons (Fsp3) is 0.679. The average molecular weight is 519 g/mol. The van der Waals surface area contributed by atoms with Crippen molar-refractivity contribution in [3.05, 3.63) is 33.8 Å². The molecule has 8 heteroatoms. The van der Waals surface area contributed by atoms with Gasteiger partial charge in [0.1, 0.15) is 16.9 Å². The Balaban J connectivity index is 1.89. The number of nitrogens with zero attached hydrogens (tertiary/aromatic N) is 1. The molecular weight excluding hydrogens is 476 g/mol. The van der Waals surface area contributed by atoms with Crippen molar-refractivity contribution in [3.63, 3.8) is 0 Å². The van der Waals surface area contributed by atoms with E-state index in [0.717, 1.165) is 29.1 Å². The largest absolute Gasteiger partial charge is 0.458 e. The van der Waals surface area contributed by atoms with Gasteiger partial charge in [-0.2, -0.15) is 0 Å². The van der Waals surface area contributed by atoms with E-state index in [4.69, 9.17) is 10.5 Å². The second kappa shape index (κ2) is 11.3. The molecule has 0 bridgehead atoms. The Labute approximate surface area is 218 Å². The average Bonchev–Trinajstić information content (AvgIpc) is 3.23. The molecule has 1 aliphatic heterocycles. The summed E-state index contributed by atoms with van der Waals surface area (Å²) in [4.78, 5) is 30.7. The lowest BCUT2D eigenvalue weighted by Crippen LogP contribution is -2.45. The van der Waals surface area contributed by atoms with Gasteiger partial charge in [0.25, 0.3) is 0 Å². The highest BCUT2D eigenvalue weighted by molar-refractivity contribution is 7.09. The van der Waals surface area contributed by atoms with Crippen LogP contribution in [0.15, 0.2) is 23.1 Å². The third-order valence-corrected chi connectivity index (χ3v) is 9.14. The minimum atomic E-state index is -1.23. The Bertz CT molecular complexity index is 1020. The topological polar surface area (TPSA) is 123 Å². The van der Waals surface area contributed by atoms with E-state index in [1.165, 1.54) is 11.3 Å². The first-order valence-corrected chi connectivity index (χ1v) is 13.8. The predicted molar refractivity (Wildman–Crippen MR) is 142 cm³/mol. The predicted octanol–water partition coefficient (Wildman–Crippen LogP) is 4.27. The summed E-state index contributed by atoms with van der Waals surface area (Å²) in [6.45, 7) is 11.4. The molecule has 4 N–H and O–H groups in total. The van der Waals surface area contributed by atoms with Gasteiger partial charge in [-0.25, -0.2) is 4.98 Å². The van der Waals surface area contributed by atoms with Crippen LogP contribution in [0, 0.1) is 28.6 Å². The first-order chi connectivity index (χ1) is 16.8. The fourth-order valence-corrected chi connectivity index (χ4v) is 5.80. The van der Waals surface area contributed by atoms with Gasteiger partial charge in [0.15, 0.2) is 0 Å². The summed E-state index contributed by atoms with van der Waals surface area (Å²) in [6, 6.07) is 0. The number of esters is 1. The molecule has 2 unspecified atom stereocenters. The molecular formula is C28H42N2O5S. The van der Waals surface area contributed by atoms with Gasteiger partial charge in [-0.15, -0.1) is 11.3 Å². The lowest BCUT2D eigenvalue weighted by molar-refractivity contribution is -0.154. The van der Waals surface area contributed by atoms with Gasteiger partial charge in [0, 0.05) is 23.8 Å². The van der Waals surface area contributed by atoms with Crippen LogP contribution in [-0.2, 0) is 20.9 Å². The Hall–Kier alpha value is -1.87. The molecule has 3 rings (SSSR count). The van der Waals surface area contributed by atoms with Crippen LogP contribution in [0.4, 0.5) is 0 Å². The monoisotopic (exact) mass is 518 g/mol. The maximum atomic E-state index is 13.2. The van der Waals surface area contributed by atoms with Crippen LogP contribution in [0.25, 0.3) is 6.08 Å². The summed E-state index contributed by atoms with van der Waals surface area (Å²) in [7, 11) is 0. The number of aromatic nitrogens is 1. The molecule has 7 atom stereocenters. The SMILES string of the molecule is CC(=Cc1csc(CN)n1)[C@@H]1CC2CC2(C)CC=C[C@H](C)[C@H](O)[C@@H](C)C(=O)C(C)(C)[C@@H](O)CC(=O)O1. The van der Waals surface area contributed by atoms with Crippen molar-refractivity contribution in [3.8, 4) is 0 Å². The van der Waals surface area contributed by atoms with Crippen molar-refractivity contribution in [1.29, 1.82) is 0 Å². The molecule has 0 aromatic carbocycles. The summed E-state index contributed by atoms with van der Waals surface area (Å²) in [5, 5.41) is 24.5. The van der Waals surface area contributed by atoms with E-state index in [1.54, 1.807) is 20.8 Å². The number of carbonyl (C=O) groups is 2. The van der Waals surface area contributed by atoms with E-state index < -0.39 is 35.6 Å². The first-order valence-electron chi connectivity index (χ1n) is 12.9. The maximum absolute atomic E-state index is 13.2. The second-order valence-electron chi connectivity index (χ2n) is 11.6. The second-order valence-corrected chi connectivity index (χ2v) is 12.5. The van der Waals surface area contributed by atoms with Crippen molar-refractivity contribution < 1.29 is 24.5 Å². The van der Waals surface area contributed by atoms with Gasteiger partial charge in [-0.1, -0.05) is 46.8 Å². The highest BCUT2D eigenvalue weighted by Gasteiger charge is 2.50. The van der Waals surface area contributed by atoms with E-state index >= 15 is 0 Å². The summed E-state index contributed by atoms with van der Waals surface area (Å²) < 4.78 is 5.93. The number of aliphatic hydroxyl groups is 2. The van der Waals surface area contributed by atoms with E-state index in [2.05, 4.69) is 18.0 Å². The third kappa shape index (κ3) is 6.52. The summed E-state index contributed by atoms with van der Waals surface area (Å²) in [5.74, 6) is -1.32. The molecule has 2 heterocycles. The fourth-order valence-electron chi connectivity index (χ4n) is 5.17. The van der Waals surface area contributed by atoms with E-state index in [0.29, 0.717) is 18.9 Å². The Morgan fingerprint density at radius 3 is 2.61 bits per heavy atom. The van der Waals surface area contributed by atoms with Gasteiger partial charge in [-0.3, -0.25) is 9.59 Å². The molecule has 1 saturated carbocycles. The molecule has 36 heavy (non-hydrogen) atoms. The van der Waals surface area contributed by atoms with Crippen LogP contribution in [0.1, 0.15) is 77.9 Å². The number of hydrogen-bond donors (Lipinski definition) is 3. The van der Waals surface area contributed by atoms with Crippen LogP contribution in [0.5, 0.6) is 0 Å². The zero-order chi connectivity index (χ0) is 26.8. The van der Waals surface area contributed by atoms with Crippen LogP contribution in [-0.4, -0.2) is 45.3 Å². The molecule has 1 aromatic heterocycles. The van der Waals surface area contributed by atoms with Crippen LogP contribution >= 0.6 is 11.3 Å². The lowest BCUT2D eigenvalue weighted by Gasteiger charge is -2.34. The standard InChI is InChI=1S/C28H42N2O5S/c1-16-8-7-9-28(6)13-19(28)11-21(17(2)10-20-15-36-23(14-29)30-20)35-24(32)12-22(31)27(4,5)26(34)18(3)25(16)33/h7-8,10,15-16,18-19,21-22,25,31,33H,9,11-14,29H2,1-6H3/t16-,18+,19?,21-,22-,25-,28?/m0/s1. The zero-order valence-electron chi connectivity index (χ0n) is 22.4. The molecule has 1 fully saturated rings. The van der Waals surface area contributed by atoms with Gasteiger partial charge in [0.2, 0.25) is 0 Å². The molecule has 0 spiro atoms. The number of ether oxygens (including phenoxy) is 1. The normalized spacial score (nSPS) is 36.3. The minimum Gasteiger partial charge on any atom is -0.458 e. The van der Waals surface area contributed by atoms with Gasteiger partial charge >= 0.3 is 5.97 Å². The van der Waals surface area contributed by atoms with E-state index in [1.807, 2.05) is 31.4 Å². The highest BCUT2D eigenvalue weighted by Crippen LogP contribution is 2.58. The zero-order valence-corrected chi connectivity index (χ0v) is 23.2. The summed E-state index contributed by atoms with van der Waals surface area (Å²) in [6.07, 6.45) is 5.74. The molecule has 0 radical (unpaired) electrons. The summed E-state index contributed by atoms with van der Waals surface area (Å²) in [5.41, 5.74) is 6.25. The molecule has 200 valence electrons. The third-order valence-electron chi connectivity index (χ3n) is 8.25. The van der Waals surface area contributed by atoms with Crippen molar-refractivity contribution >= 4 is 29.2 Å². The molecule has 0 amide bonds. The number of hydrogen-bond acceptors (Lipinski definition) is 8. The quantitative estimate of drug-likeness (QED) is 0.403. The molecule has 1 aliphatic carbocycles. The number of cyclic esters (lactones) is 1. The number of fused-ring (bicyclic) bond motifs is 1. The number of allylic oxidation sites excluding steroid dienone is 1. The Morgan fingerprint density at radius 1 is 1.28 bits per heavy atom. The lowest BCUT2D eigenvalue weighted by atomic mass is 9.73. The van der Waals surface area contributed by atoms with Crippen LogP contribution in [0.3, 0.4) is 0 Å². The molecule has 7 nitrogen and oxygen atoms in total. The van der Waals surface area contributed by atoms with Crippen LogP contribution < -0.4 is 5.73 Å². The number of nitrogens with two attached hydrogens (primary N) is 1.